The van der Waals surface area contributed by atoms with Crippen molar-refractivity contribution in [3.8, 4) is 50.3 Å². The molecule has 2 heteroatoms. The molecule has 1 nitrogen and oxygen atoms in total. The Labute approximate surface area is 320 Å². The van der Waals surface area contributed by atoms with E-state index in [0.29, 0.717) is 0 Å². The molecular weight excluding hydrogens is 673 g/mol. The van der Waals surface area contributed by atoms with Gasteiger partial charge in [0, 0.05) is 41.8 Å². The Morgan fingerprint density at radius 1 is 0.407 bits per heavy atom. The first-order chi connectivity index (χ1) is 26.1. The third-order valence-electron chi connectivity index (χ3n) is 12.8. The molecule has 0 bridgehead atoms. The number of methoxy groups -OCH3 is 1. The summed E-state index contributed by atoms with van der Waals surface area (Å²) in [6.45, 7) is 11.7. The molecule has 260 valence electrons. The van der Waals surface area contributed by atoms with Crippen LogP contribution in [0.5, 0.6) is 5.75 Å². The maximum absolute atomic E-state index is 5.60. The van der Waals surface area contributed by atoms with Gasteiger partial charge in [-0.15, -0.1) is 11.3 Å². The number of thiophene rings is 1. The maximum atomic E-state index is 5.60. The lowest BCUT2D eigenvalue weighted by molar-refractivity contribution is 0.415. The van der Waals surface area contributed by atoms with Crippen LogP contribution in [-0.4, -0.2) is 7.11 Å². The molecule has 0 saturated heterocycles. The molecule has 0 unspecified atom stereocenters. The van der Waals surface area contributed by atoms with Gasteiger partial charge in [0.2, 0.25) is 0 Å². The van der Waals surface area contributed by atoms with E-state index in [-0.39, 0.29) is 10.8 Å². The number of ether oxygens (including phenoxy) is 1. The van der Waals surface area contributed by atoms with Gasteiger partial charge in [0.1, 0.15) is 5.75 Å². The van der Waals surface area contributed by atoms with Gasteiger partial charge in [-0.2, -0.15) is 0 Å². The highest BCUT2D eigenvalue weighted by Gasteiger charge is 2.37. The molecule has 2 aliphatic rings. The summed E-state index contributed by atoms with van der Waals surface area (Å²) in [6.07, 6.45) is 0. The number of rotatable bonds is 3. The van der Waals surface area contributed by atoms with Gasteiger partial charge in [0.15, 0.2) is 0 Å². The zero-order chi connectivity index (χ0) is 36.7. The second-order valence-corrected chi connectivity index (χ2v) is 17.5. The Balaban J connectivity index is 1.30. The molecule has 1 heterocycles. The number of hydrogen-bond acceptors (Lipinski definition) is 2. The summed E-state index contributed by atoms with van der Waals surface area (Å²) >= 11 is 1.98. The second kappa shape index (κ2) is 10.9. The van der Waals surface area contributed by atoms with Crippen molar-refractivity contribution in [3.05, 3.63) is 161 Å². The summed E-state index contributed by atoms with van der Waals surface area (Å²) in [4.78, 5) is 0. The SMILES string of the molecule is COc1ccc(-c2cc3c4cc(-c5ccc(C)cc5)c5cc6c(cc5c4sc3c3cc4c(cc23)-c2ccccc2C4(C)C)C(C)(C)c2ccccc2-6)cc1. The minimum Gasteiger partial charge on any atom is -0.497 e. The van der Waals surface area contributed by atoms with E-state index in [1.807, 2.05) is 11.3 Å². The predicted octanol–water partition coefficient (Wildman–Crippen LogP) is 14.6. The largest absolute Gasteiger partial charge is 0.497 e. The number of benzene rings is 8. The van der Waals surface area contributed by atoms with Gasteiger partial charge < -0.3 is 4.74 Å². The molecule has 0 radical (unpaired) electrons. The molecule has 0 spiro atoms. The summed E-state index contributed by atoms with van der Waals surface area (Å²) in [7, 11) is 1.74. The fraction of sp³-hybridized carbons (Fsp3) is 0.154. The highest BCUT2D eigenvalue weighted by atomic mass is 32.1. The van der Waals surface area contributed by atoms with E-state index >= 15 is 0 Å². The second-order valence-electron chi connectivity index (χ2n) is 16.5. The minimum absolute atomic E-state index is 0.0850. The predicted molar refractivity (Wildman–Crippen MR) is 232 cm³/mol. The third kappa shape index (κ3) is 4.21. The van der Waals surface area contributed by atoms with Gasteiger partial charge in [0.25, 0.3) is 0 Å². The van der Waals surface area contributed by atoms with Gasteiger partial charge >= 0.3 is 0 Å². The number of hydrogen-bond donors (Lipinski definition) is 0. The van der Waals surface area contributed by atoms with Crippen molar-refractivity contribution in [1.29, 1.82) is 0 Å². The van der Waals surface area contributed by atoms with Crippen LogP contribution < -0.4 is 4.74 Å². The Kier molecular flexibility index (Phi) is 6.44. The van der Waals surface area contributed by atoms with Crippen molar-refractivity contribution in [3.63, 3.8) is 0 Å². The summed E-state index contributed by atoms with van der Waals surface area (Å²) in [5.41, 5.74) is 17.2. The first-order valence-corrected chi connectivity index (χ1v) is 19.8. The zero-order valence-corrected chi connectivity index (χ0v) is 32.3. The third-order valence-corrected chi connectivity index (χ3v) is 14.1. The fourth-order valence-electron chi connectivity index (χ4n) is 9.89. The lowest BCUT2D eigenvalue weighted by Gasteiger charge is -2.22. The molecular formula is C52H40OS. The molecule has 0 saturated carbocycles. The van der Waals surface area contributed by atoms with E-state index in [2.05, 4.69) is 168 Å². The van der Waals surface area contributed by atoms with Gasteiger partial charge in [0.05, 0.1) is 7.11 Å². The molecule has 11 rings (SSSR count). The highest BCUT2D eigenvalue weighted by Crippen LogP contribution is 2.55. The van der Waals surface area contributed by atoms with Crippen molar-refractivity contribution >= 4 is 53.1 Å². The first kappa shape index (κ1) is 31.8. The Morgan fingerprint density at radius 3 is 1.28 bits per heavy atom. The average molecular weight is 713 g/mol. The molecule has 8 aromatic carbocycles. The van der Waals surface area contributed by atoms with E-state index in [9.17, 15) is 0 Å². The molecule has 0 atom stereocenters. The highest BCUT2D eigenvalue weighted by molar-refractivity contribution is 7.27. The van der Waals surface area contributed by atoms with Crippen molar-refractivity contribution < 1.29 is 4.74 Å². The summed E-state index contributed by atoms with van der Waals surface area (Å²) in [6, 6.07) is 50.8. The van der Waals surface area contributed by atoms with E-state index in [0.717, 1.165) is 5.75 Å². The normalized spacial score (nSPS) is 14.8. The van der Waals surface area contributed by atoms with Gasteiger partial charge in [-0.1, -0.05) is 118 Å². The standard InChI is InChI=1S/C52H40OS/c1-29-15-17-30(18-16-29)35-23-41-42-24-36(31-19-21-32(53-6)22-20-31)38-26-40-34-12-8-10-14-46(34)52(4,5)48(40)28-44(38)50(42)54-49(41)43-27-47-39(25-37(35)43)33-11-7-9-13-45(33)51(47,2)3/h7-28H,1-6H3. The van der Waals surface area contributed by atoms with Crippen LogP contribution >= 0.6 is 11.3 Å². The Bertz CT molecular complexity index is 3060. The lowest BCUT2D eigenvalue weighted by atomic mass is 9.81. The molecule has 0 amide bonds. The molecule has 0 aliphatic heterocycles. The molecule has 9 aromatic rings. The summed E-state index contributed by atoms with van der Waals surface area (Å²) in [5.74, 6) is 0.869. The quantitative estimate of drug-likeness (QED) is 0.177. The van der Waals surface area contributed by atoms with Crippen molar-refractivity contribution in [2.24, 2.45) is 0 Å². The van der Waals surface area contributed by atoms with Crippen LogP contribution in [0.1, 0.15) is 55.5 Å². The van der Waals surface area contributed by atoms with E-state index in [1.54, 1.807) is 7.11 Å². The van der Waals surface area contributed by atoms with Crippen LogP contribution in [-0.2, 0) is 10.8 Å². The number of aryl methyl sites for hydroxylation is 1. The van der Waals surface area contributed by atoms with Crippen LogP contribution in [0.3, 0.4) is 0 Å². The van der Waals surface area contributed by atoms with Crippen LogP contribution in [0.2, 0.25) is 0 Å². The average Bonchev–Trinajstić information content (AvgIpc) is 3.76. The van der Waals surface area contributed by atoms with E-state index in [4.69, 9.17) is 4.74 Å². The minimum atomic E-state index is -0.0916. The lowest BCUT2D eigenvalue weighted by Crippen LogP contribution is -2.14. The van der Waals surface area contributed by atoms with Gasteiger partial charge in [-0.05, 0) is 133 Å². The van der Waals surface area contributed by atoms with E-state index in [1.165, 1.54) is 114 Å². The van der Waals surface area contributed by atoms with E-state index < -0.39 is 0 Å². The van der Waals surface area contributed by atoms with Gasteiger partial charge in [-0.3, -0.25) is 0 Å². The van der Waals surface area contributed by atoms with Crippen LogP contribution in [0.4, 0.5) is 0 Å². The van der Waals surface area contributed by atoms with Crippen LogP contribution in [0, 0.1) is 6.92 Å². The maximum Gasteiger partial charge on any atom is 0.118 e. The molecule has 2 aliphatic carbocycles. The smallest absolute Gasteiger partial charge is 0.118 e. The van der Waals surface area contributed by atoms with Crippen molar-refractivity contribution in [2.45, 2.75) is 45.4 Å². The zero-order valence-electron chi connectivity index (χ0n) is 31.5. The molecule has 0 N–H and O–H groups in total. The summed E-state index contributed by atoms with van der Waals surface area (Å²) in [5, 5.41) is 7.94. The topological polar surface area (TPSA) is 9.23 Å². The fourth-order valence-corrected chi connectivity index (χ4v) is 11.2. The Hall–Kier alpha value is -5.70. The molecule has 1 aromatic heterocycles. The van der Waals surface area contributed by atoms with Crippen LogP contribution in [0.15, 0.2) is 133 Å². The summed E-state index contributed by atoms with van der Waals surface area (Å²) < 4.78 is 8.32. The van der Waals surface area contributed by atoms with Crippen molar-refractivity contribution in [2.75, 3.05) is 7.11 Å². The van der Waals surface area contributed by atoms with Crippen molar-refractivity contribution in [1.82, 2.24) is 0 Å². The Morgan fingerprint density at radius 2 is 0.815 bits per heavy atom. The first-order valence-electron chi connectivity index (χ1n) is 19.0. The van der Waals surface area contributed by atoms with Crippen LogP contribution in [0.25, 0.3) is 86.2 Å². The van der Waals surface area contributed by atoms with Gasteiger partial charge in [-0.25, -0.2) is 0 Å². The molecule has 0 fully saturated rings. The molecule has 54 heavy (non-hydrogen) atoms. The monoisotopic (exact) mass is 712 g/mol. The number of fused-ring (bicyclic) bond motifs is 13.